The molecule has 5 rings (SSSR count). The van der Waals surface area contributed by atoms with E-state index in [1.54, 1.807) is 0 Å². The molecule has 26 heavy (non-hydrogen) atoms. The fourth-order valence-corrected chi connectivity index (χ4v) is 3.69. The maximum absolute atomic E-state index is 3.60. The summed E-state index contributed by atoms with van der Waals surface area (Å²) < 4.78 is 0. The molecule has 0 radical (unpaired) electrons. The Balaban J connectivity index is 1.87. The van der Waals surface area contributed by atoms with E-state index < -0.39 is 0 Å². The summed E-state index contributed by atoms with van der Waals surface area (Å²) >= 11 is 0. The van der Waals surface area contributed by atoms with Gasteiger partial charge in [0.25, 0.3) is 0 Å². The van der Waals surface area contributed by atoms with Crippen LogP contribution in [0.1, 0.15) is 0 Å². The van der Waals surface area contributed by atoms with Crippen molar-refractivity contribution in [2.24, 2.45) is 0 Å². The molecule has 1 nitrogen and oxygen atoms in total. The maximum Gasteiger partial charge on any atom is 0.211 e. The lowest BCUT2D eigenvalue weighted by atomic mass is 9.94. The first-order valence-electron chi connectivity index (χ1n) is 8.89. The van der Waals surface area contributed by atoms with Gasteiger partial charge in [0, 0.05) is 23.3 Å². The molecule has 5 aromatic rings. The first-order chi connectivity index (χ1) is 12.9. The molecule has 0 atom stereocenters. The molecule has 0 aliphatic rings. The number of benzene rings is 4. The number of nitrogens with one attached hydrogen (secondary N) is 1. The molecule has 122 valence electrons. The number of aromatic nitrogens is 1. The van der Waals surface area contributed by atoms with Gasteiger partial charge in [0.1, 0.15) is 0 Å². The van der Waals surface area contributed by atoms with Crippen molar-refractivity contribution in [1.82, 2.24) is 0 Å². The number of pyridine rings is 1. The molecule has 0 spiro atoms. The molecule has 0 saturated heterocycles. The molecular formula is C25H18N+. The smallest absolute Gasteiger partial charge is 0.204 e. The minimum absolute atomic E-state index is 1.13. The van der Waals surface area contributed by atoms with Crippen LogP contribution in [0.3, 0.4) is 0 Å². The number of fused-ring (bicyclic) bond motifs is 2. The van der Waals surface area contributed by atoms with Crippen molar-refractivity contribution in [3.63, 3.8) is 0 Å². The second-order valence-electron chi connectivity index (χ2n) is 6.54. The lowest BCUT2D eigenvalue weighted by Gasteiger charge is -2.09. The van der Waals surface area contributed by atoms with Gasteiger partial charge in [-0.25, -0.2) is 4.98 Å². The molecule has 1 heteroatoms. The van der Waals surface area contributed by atoms with E-state index in [9.17, 15) is 0 Å². The first kappa shape index (κ1) is 14.9. The molecule has 0 aliphatic heterocycles. The van der Waals surface area contributed by atoms with Crippen LogP contribution < -0.4 is 4.98 Å². The zero-order chi connectivity index (χ0) is 17.3. The molecule has 0 bridgehead atoms. The van der Waals surface area contributed by atoms with Crippen molar-refractivity contribution < 1.29 is 4.98 Å². The number of hydrogen-bond donors (Lipinski definition) is 0. The summed E-state index contributed by atoms with van der Waals surface area (Å²) in [5.41, 5.74) is 6.00. The van der Waals surface area contributed by atoms with Crippen molar-refractivity contribution in [3.8, 4) is 22.4 Å². The zero-order valence-electron chi connectivity index (χ0n) is 14.3. The summed E-state index contributed by atoms with van der Waals surface area (Å²) in [5, 5.41) is 3.79. The minimum Gasteiger partial charge on any atom is -0.204 e. The van der Waals surface area contributed by atoms with Gasteiger partial charge < -0.3 is 0 Å². The van der Waals surface area contributed by atoms with Gasteiger partial charge in [0.15, 0.2) is 0 Å². The predicted molar refractivity (Wildman–Crippen MR) is 109 cm³/mol. The van der Waals surface area contributed by atoms with E-state index in [1.807, 2.05) is 0 Å². The van der Waals surface area contributed by atoms with Gasteiger partial charge in [-0.05, 0) is 34.5 Å². The Morgan fingerprint density at radius 2 is 1.19 bits per heavy atom. The van der Waals surface area contributed by atoms with E-state index in [0.717, 1.165) is 11.2 Å². The Labute approximate surface area is 152 Å². The van der Waals surface area contributed by atoms with Crippen LogP contribution in [0.2, 0.25) is 0 Å². The largest absolute Gasteiger partial charge is 0.211 e. The van der Waals surface area contributed by atoms with Crippen molar-refractivity contribution in [3.05, 3.63) is 103 Å². The Hall–Kier alpha value is -3.45. The highest BCUT2D eigenvalue weighted by molar-refractivity contribution is 6.04. The van der Waals surface area contributed by atoms with Gasteiger partial charge in [0.05, 0.1) is 5.39 Å². The number of rotatable bonds is 2. The van der Waals surface area contributed by atoms with Gasteiger partial charge >= 0.3 is 0 Å². The van der Waals surface area contributed by atoms with Crippen LogP contribution in [0, 0.1) is 0 Å². The number of H-pyrrole nitrogens is 1. The fraction of sp³-hybridized carbons (Fsp3) is 0. The molecule has 1 N–H and O–H groups in total. The van der Waals surface area contributed by atoms with E-state index in [4.69, 9.17) is 0 Å². The summed E-state index contributed by atoms with van der Waals surface area (Å²) in [6, 6.07) is 36.4. The highest BCUT2D eigenvalue weighted by Gasteiger charge is 2.15. The standard InChI is InChI=1S/C25H17N/c1-2-10-19(11-3-1)25-17-23(22-14-6-7-16-24(22)26-25)21-15-8-12-18-9-4-5-13-20(18)21/h1-17H/p+1. The van der Waals surface area contributed by atoms with Crippen LogP contribution in [-0.4, -0.2) is 0 Å². The zero-order valence-corrected chi connectivity index (χ0v) is 14.3. The van der Waals surface area contributed by atoms with E-state index in [1.165, 1.54) is 32.8 Å². The van der Waals surface area contributed by atoms with Crippen LogP contribution in [-0.2, 0) is 0 Å². The lowest BCUT2D eigenvalue weighted by Crippen LogP contribution is -2.09. The second kappa shape index (κ2) is 6.12. The van der Waals surface area contributed by atoms with E-state index >= 15 is 0 Å². The SMILES string of the molecule is c1ccc(-c2cc(-c3cccc4ccccc34)c3ccccc3[nH+]2)cc1. The summed E-state index contributed by atoms with van der Waals surface area (Å²) in [5.74, 6) is 0. The van der Waals surface area contributed by atoms with E-state index in [2.05, 4.69) is 108 Å². The highest BCUT2D eigenvalue weighted by Crippen LogP contribution is 2.34. The average molecular weight is 332 g/mol. The van der Waals surface area contributed by atoms with Gasteiger partial charge in [-0.1, -0.05) is 72.8 Å². The Morgan fingerprint density at radius 1 is 0.500 bits per heavy atom. The number of aromatic amines is 1. The van der Waals surface area contributed by atoms with E-state index in [0.29, 0.717) is 0 Å². The Kier molecular flexibility index (Phi) is 3.50. The average Bonchev–Trinajstić information content (AvgIpc) is 2.73. The third-order valence-electron chi connectivity index (χ3n) is 4.94. The van der Waals surface area contributed by atoms with Gasteiger partial charge in [-0.15, -0.1) is 0 Å². The van der Waals surface area contributed by atoms with Crippen LogP contribution in [0.25, 0.3) is 44.1 Å². The third-order valence-corrected chi connectivity index (χ3v) is 4.94. The van der Waals surface area contributed by atoms with Crippen molar-refractivity contribution in [2.75, 3.05) is 0 Å². The van der Waals surface area contributed by atoms with Crippen molar-refractivity contribution in [1.29, 1.82) is 0 Å². The highest BCUT2D eigenvalue weighted by atomic mass is 14.7. The summed E-state index contributed by atoms with van der Waals surface area (Å²) in [6.07, 6.45) is 0. The lowest BCUT2D eigenvalue weighted by molar-refractivity contribution is -0.330. The second-order valence-corrected chi connectivity index (χ2v) is 6.54. The molecule has 1 heterocycles. The maximum atomic E-state index is 3.60. The minimum atomic E-state index is 1.13. The summed E-state index contributed by atoms with van der Waals surface area (Å²) in [7, 11) is 0. The van der Waals surface area contributed by atoms with Crippen LogP contribution in [0.15, 0.2) is 103 Å². The molecule has 0 amide bonds. The number of hydrogen-bond acceptors (Lipinski definition) is 0. The Morgan fingerprint density at radius 3 is 2.08 bits per heavy atom. The topological polar surface area (TPSA) is 14.1 Å². The molecule has 4 aromatic carbocycles. The van der Waals surface area contributed by atoms with E-state index in [-0.39, 0.29) is 0 Å². The van der Waals surface area contributed by atoms with Crippen LogP contribution >= 0.6 is 0 Å². The van der Waals surface area contributed by atoms with Crippen molar-refractivity contribution in [2.45, 2.75) is 0 Å². The van der Waals surface area contributed by atoms with Gasteiger partial charge in [-0.2, -0.15) is 0 Å². The van der Waals surface area contributed by atoms with Crippen LogP contribution in [0.4, 0.5) is 0 Å². The molecule has 0 aliphatic carbocycles. The van der Waals surface area contributed by atoms with Crippen LogP contribution in [0.5, 0.6) is 0 Å². The molecule has 0 fully saturated rings. The quantitative estimate of drug-likeness (QED) is 0.368. The molecule has 0 unspecified atom stereocenters. The predicted octanol–water partition coefficient (Wildman–Crippen LogP) is 6.14. The van der Waals surface area contributed by atoms with Gasteiger partial charge in [-0.3, -0.25) is 0 Å². The number of para-hydroxylation sites is 1. The molecule has 1 aromatic heterocycles. The third kappa shape index (κ3) is 2.46. The fourth-order valence-electron chi connectivity index (χ4n) is 3.69. The van der Waals surface area contributed by atoms with Gasteiger partial charge in [0.2, 0.25) is 11.2 Å². The first-order valence-corrected chi connectivity index (χ1v) is 8.89. The molecular weight excluding hydrogens is 314 g/mol. The summed E-state index contributed by atoms with van der Waals surface area (Å²) in [4.78, 5) is 3.60. The monoisotopic (exact) mass is 332 g/mol. The molecule has 0 saturated carbocycles. The summed E-state index contributed by atoms with van der Waals surface area (Å²) in [6.45, 7) is 0. The van der Waals surface area contributed by atoms with Crippen molar-refractivity contribution >= 4 is 21.7 Å². The Bertz CT molecular complexity index is 1220. The normalized spacial score (nSPS) is 11.1.